The van der Waals surface area contributed by atoms with Crippen molar-refractivity contribution < 1.29 is 0 Å². The molecule has 1 aromatic carbocycles. The van der Waals surface area contributed by atoms with Crippen LogP contribution in [0.1, 0.15) is 23.5 Å². The number of likely N-dealkylation sites (tertiary alicyclic amines) is 1. The van der Waals surface area contributed by atoms with E-state index in [0.29, 0.717) is 18.0 Å². The predicted octanol–water partition coefficient (Wildman–Crippen LogP) is 1.85. The molecule has 3 nitrogen and oxygen atoms in total. The molecule has 2 aromatic rings. The van der Waals surface area contributed by atoms with E-state index in [0.717, 1.165) is 13.0 Å². The van der Waals surface area contributed by atoms with Crippen LogP contribution in [0, 0.1) is 0 Å². The molecule has 2 aliphatic rings. The minimum atomic E-state index is 0.312. The van der Waals surface area contributed by atoms with Crippen molar-refractivity contribution in [3.05, 3.63) is 35.5 Å². The Hall–Kier alpha value is -1.32. The van der Waals surface area contributed by atoms with Crippen LogP contribution in [0.2, 0.25) is 0 Å². The quantitative estimate of drug-likeness (QED) is 0.779. The Morgan fingerprint density at radius 1 is 1.26 bits per heavy atom. The minimum absolute atomic E-state index is 0.312. The van der Waals surface area contributed by atoms with E-state index in [1.54, 1.807) is 0 Å². The fourth-order valence-corrected chi connectivity index (χ4v) is 4.26. The second-order valence-electron chi connectivity index (χ2n) is 6.32. The van der Waals surface area contributed by atoms with Gasteiger partial charge in [-0.15, -0.1) is 0 Å². The smallest absolute Gasteiger partial charge is 0.0483 e. The number of hydrogen-bond acceptors (Lipinski definition) is 2. The molecule has 1 aliphatic heterocycles. The first-order chi connectivity index (χ1) is 9.15. The van der Waals surface area contributed by atoms with Gasteiger partial charge >= 0.3 is 0 Å². The molecule has 19 heavy (non-hydrogen) atoms. The van der Waals surface area contributed by atoms with Crippen molar-refractivity contribution in [3.8, 4) is 0 Å². The third-order valence-electron chi connectivity index (χ3n) is 5.06. The van der Waals surface area contributed by atoms with Crippen LogP contribution in [0.15, 0.2) is 24.4 Å². The maximum absolute atomic E-state index is 6.24. The lowest BCUT2D eigenvalue weighted by atomic mass is 9.74. The molecule has 4 rings (SSSR count). The van der Waals surface area contributed by atoms with Crippen LogP contribution >= 0.6 is 0 Å². The topological polar surface area (TPSA) is 34.2 Å². The number of aromatic nitrogens is 1. The largest absolute Gasteiger partial charge is 0.350 e. The first-order valence-corrected chi connectivity index (χ1v) is 7.18. The van der Waals surface area contributed by atoms with Crippen molar-refractivity contribution in [2.45, 2.75) is 30.8 Å². The molecule has 2 N–H and O–H groups in total. The zero-order valence-corrected chi connectivity index (χ0v) is 11.6. The van der Waals surface area contributed by atoms with E-state index in [4.69, 9.17) is 5.73 Å². The maximum atomic E-state index is 6.24. The molecule has 0 spiro atoms. The van der Waals surface area contributed by atoms with Gasteiger partial charge in [0.25, 0.3) is 0 Å². The van der Waals surface area contributed by atoms with Crippen LogP contribution in [0.5, 0.6) is 0 Å². The summed E-state index contributed by atoms with van der Waals surface area (Å²) in [5.74, 6) is 0.604. The molecule has 0 unspecified atom stereocenters. The van der Waals surface area contributed by atoms with Gasteiger partial charge in [-0.2, -0.15) is 0 Å². The first kappa shape index (κ1) is 11.5. The molecule has 100 valence electrons. The average Bonchev–Trinajstić information content (AvgIpc) is 2.70. The Kier molecular flexibility index (Phi) is 2.32. The van der Waals surface area contributed by atoms with Crippen molar-refractivity contribution in [3.63, 3.8) is 0 Å². The molecule has 1 fully saturated rings. The van der Waals surface area contributed by atoms with Crippen molar-refractivity contribution in [2.24, 2.45) is 12.8 Å². The van der Waals surface area contributed by atoms with Gasteiger partial charge in [0.15, 0.2) is 0 Å². The van der Waals surface area contributed by atoms with Gasteiger partial charge in [-0.25, -0.2) is 0 Å². The van der Waals surface area contributed by atoms with E-state index in [9.17, 15) is 0 Å². The molecule has 0 radical (unpaired) electrons. The van der Waals surface area contributed by atoms with Gasteiger partial charge in [0, 0.05) is 48.7 Å². The second-order valence-corrected chi connectivity index (χ2v) is 6.32. The maximum Gasteiger partial charge on any atom is 0.0483 e. The Morgan fingerprint density at radius 2 is 2.11 bits per heavy atom. The van der Waals surface area contributed by atoms with E-state index in [1.807, 2.05) is 0 Å². The second kappa shape index (κ2) is 3.84. The highest BCUT2D eigenvalue weighted by Gasteiger charge is 2.38. The number of aryl methyl sites for hydroxylation is 1. The lowest BCUT2D eigenvalue weighted by Gasteiger charge is -2.44. The van der Waals surface area contributed by atoms with Gasteiger partial charge in [0.05, 0.1) is 0 Å². The van der Waals surface area contributed by atoms with Gasteiger partial charge in [-0.1, -0.05) is 12.1 Å². The summed E-state index contributed by atoms with van der Waals surface area (Å²) >= 11 is 0. The third-order valence-corrected chi connectivity index (χ3v) is 5.06. The van der Waals surface area contributed by atoms with Gasteiger partial charge in [0.1, 0.15) is 0 Å². The van der Waals surface area contributed by atoms with Crippen LogP contribution in [0.25, 0.3) is 10.9 Å². The summed E-state index contributed by atoms with van der Waals surface area (Å²) in [5, 5.41) is 1.49. The molecule has 0 bridgehead atoms. The summed E-state index contributed by atoms with van der Waals surface area (Å²) < 4.78 is 2.27. The van der Waals surface area contributed by atoms with Crippen molar-refractivity contribution in [1.82, 2.24) is 9.47 Å². The molecule has 2 heterocycles. The number of likely N-dealkylation sites (N-methyl/N-ethyl adjacent to an activating group) is 1. The molecule has 1 saturated heterocycles. The molecule has 1 aromatic heterocycles. The van der Waals surface area contributed by atoms with E-state index in [-0.39, 0.29) is 0 Å². The molecule has 3 atom stereocenters. The zero-order chi connectivity index (χ0) is 13.1. The average molecular weight is 255 g/mol. The number of hydrogen-bond donors (Lipinski definition) is 1. The Morgan fingerprint density at radius 3 is 2.95 bits per heavy atom. The van der Waals surface area contributed by atoms with Crippen LogP contribution in [0.3, 0.4) is 0 Å². The summed E-state index contributed by atoms with van der Waals surface area (Å²) in [6.07, 6.45) is 4.61. The van der Waals surface area contributed by atoms with E-state index in [2.05, 4.69) is 48.0 Å². The van der Waals surface area contributed by atoms with Crippen LogP contribution < -0.4 is 5.73 Å². The Labute approximate surface area is 114 Å². The number of fused-ring (bicyclic) bond motifs is 2. The Bertz CT molecular complexity index is 643. The highest BCUT2D eigenvalue weighted by Crippen LogP contribution is 2.43. The lowest BCUT2D eigenvalue weighted by molar-refractivity contribution is 0.141. The predicted molar refractivity (Wildman–Crippen MR) is 78.4 cm³/mol. The third kappa shape index (κ3) is 1.52. The van der Waals surface area contributed by atoms with E-state index >= 15 is 0 Å². The number of rotatable bonds is 0. The van der Waals surface area contributed by atoms with E-state index < -0.39 is 0 Å². The summed E-state index contributed by atoms with van der Waals surface area (Å²) in [4.78, 5) is 2.47. The first-order valence-electron chi connectivity index (χ1n) is 7.18. The standard InChI is InChI=1S/C16H21N3/c1-18-8-10-6-15-13(7-11(17)9-19(15)2)12-4-3-5-14(18)16(10)12/h3-5,8,11,13,15H,6-7,9,17H2,1-2H3/t11-,13+,15+/m0/s1. The van der Waals surface area contributed by atoms with Gasteiger partial charge in [-0.05, 0) is 37.1 Å². The number of benzene rings is 1. The fraction of sp³-hybridized carbons (Fsp3) is 0.500. The lowest BCUT2D eigenvalue weighted by Crippen LogP contribution is -2.52. The van der Waals surface area contributed by atoms with Crippen LogP contribution in [-0.4, -0.2) is 35.1 Å². The molecule has 1 aliphatic carbocycles. The molecular weight excluding hydrogens is 234 g/mol. The van der Waals surface area contributed by atoms with Gasteiger partial charge in [0.2, 0.25) is 0 Å². The van der Waals surface area contributed by atoms with Gasteiger partial charge in [-0.3, -0.25) is 0 Å². The van der Waals surface area contributed by atoms with Gasteiger partial charge < -0.3 is 15.2 Å². The van der Waals surface area contributed by atoms with Crippen molar-refractivity contribution in [1.29, 1.82) is 0 Å². The highest BCUT2D eigenvalue weighted by atomic mass is 15.2. The zero-order valence-electron chi connectivity index (χ0n) is 11.6. The SMILES string of the molecule is CN1C[C@@H](N)C[C@@H]2c3cccc4c3c(cn4C)C[C@H]21. The number of nitrogens with two attached hydrogens (primary N) is 1. The van der Waals surface area contributed by atoms with Crippen LogP contribution in [0.4, 0.5) is 0 Å². The highest BCUT2D eigenvalue weighted by molar-refractivity contribution is 5.89. The minimum Gasteiger partial charge on any atom is -0.350 e. The molecule has 0 amide bonds. The molecule has 3 heteroatoms. The van der Waals surface area contributed by atoms with Crippen molar-refractivity contribution >= 4 is 10.9 Å². The molecular formula is C16H21N3. The summed E-state index contributed by atoms with van der Waals surface area (Å²) in [6, 6.07) is 7.68. The van der Waals surface area contributed by atoms with Crippen LogP contribution in [-0.2, 0) is 13.5 Å². The number of piperidine rings is 1. The van der Waals surface area contributed by atoms with Crippen molar-refractivity contribution in [2.75, 3.05) is 13.6 Å². The monoisotopic (exact) mass is 255 g/mol. The molecule has 0 saturated carbocycles. The number of nitrogens with zero attached hydrogens (tertiary/aromatic N) is 2. The summed E-state index contributed by atoms with van der Waals surface area (Å²) in [6.45, 7) is 1.03. The fourth-order valence-electron chi connectivity index (χ4n) is 4.26. The normalized spacial score (nSPS) is 30.6. The Balaban J connectivity index is 1.94. The summed E-state index contributed by atoms with van der Waals surface area (Å²) in [7, 11) is 4.38. The van der Waals surface area contributed by atoms with E-state index in [1.165, 1.54) is 28.5 Å². The summed E-state index contributed by atoms with van der Waals surface area (Å²) in [5.41, 5.74) is 10.6.